The summed E-state index contributed by atoms with van der Waals surface area (Å²) in [5.41, 5.74) is 0.323. The van der Waals surface area contributed by atoms with E-state index >= 15 is 0 Å². The second-order valence-corrected chi connectivity index (χ2v) is 5.92. The van der Waals surface area contributed by atoms with Crippen molar-refractivity contribution in [2.24, 2.45) is 5.41 Å². The first kappa shape index (κ1) is 16.2. The SMILES string of the molecule is CC(C)(CCO)CNC(=O)c1ccn(-c2ccccc2F)n1. The summed E-state index contributed by atoms with van der Waals surface area (Å²) in [4.78, 5) is 12.1. The number of aliphatic hydroxyl groups is 1. The Kier molecular flexibility index (Phi) is 4.92. The van der Waals surface area contributed by atoms with Gasteiger partial charge in [0.05, 0.1) is 0 Å². The molecule has 0 fully saturated rings. The van der Waals surface area contributed by atoms with Gasteiger partial charge in [-0.05, 0) is 30.0 Å². The summed E-state index contributed by atoms with van der Waals surface area (Å²) in [5, 5.41) is 15.9. The van der Waals surface area contributed by atoms with Crippen molar-refractivity contribution in [3.05, 3.63) is 48.0 Å². The van der Waals surface area contributed by atoms with Crippen LogP contribution in [0.2, 0.25) is 0 Å². The van der Waals surface area contributed by atoms with E-state index in [1.165, 1.54) is 10.7 Å². The van der Waals surface area contributed by atoms with Crippen LogP contribution in [0, 0.1) is 11.2 Å². The van der Waals surface area contributed by atoms with Gasteiger partial charge >= 0.3 is 0 Å². The molecule has 5 nitrogen and oxygen atoms in total. The molecule has 1 aromatic heterocycles. The second-order valence-electron chi connectivity index (χ2n) is 5.92. The molecule has 1 aromatic carbocycles. The van der Waals surface area contributed by atoms with Gasteiger partial charge in [-0.1, -0.05) is 26.0 Å². The van der Waals surface area contributed by atoms with Crippen molar-refractivity contribution in [2.45, 2.75) is 20.3 Å². The number of nitrogens with one attached hydrogen (secondary N) is 1. The number of hydrogen-bond acceptors (Lipinski definition) is 3. The number of para-hydroxylation sites is 1. The Hall–Kier alpha value is -2.21. The highest BCUT2D eigenvalue weighted by molar-refractivity contribution is 5.92. The number of rotatable bonds is 6. The zero-order valence-corrected chi connectivity index (χ0v) is 12.7. The Morgan fingerprint density at radius 3 is 2.77 bits per heavy atom. The number of hydrogen-bond donors (Lipinski definition) is 2. The van der Waals surface area contributed by atoms with E-state index in [4.69, 9.17) is 5.11 Å². The van der Waals surface area contributed by atoms with Gasteiger partial charge < -0.3 is 10.4 Å². The number of carbonyl (C=O) groups excluding carboxylic acids is 1. The lowest BCUT2D eigenvalue weighted by molar-refractivity contribution is 0.0922. The molecule has 22 heavy (non-hydrogen) atoms. The summed E-state index contributed by atoms with van der Waals surface area (Å²) in [5.74, 6) is -0.720. The van der Waals surface area contributed by atoms with Crippen LogP contribution >= 0.6 is 0 Å². The van der Waals surface area contributed by atoms with Crippen LogP contribution in [0.15, 0.2) is 36.5 Å². The molecule has 0 unspecified atom stereocenters. The normalized spacial score (nSPS) is 11.5. The van der Waals surface area contributed by atoms with Gasteiger partial charge in [-0.15, -0.1) is 0 Å². The molecule has 2 N–H and O–H groups in total. The first-order valence-electron chi connectivity index (χ1n) is 7.12. The Bertz CT molecular complexity index is 652. The number of nitrogens with zero attached hydrogens (tertiary/aromatic N) is 2. The van der Waals surface area contributed by atoms with Crippen molar-refractivity contribution in [1.82, 2.24) is 15.1 Å². The van der Waals surface area contributed by atoms with Crippen molar-refractivity contribution in [3.63, 3.8) is 0 Å². The maximum atomic E-state index is 13.7. The largest absolute Gasteiger partial charge is 0.396 e. The summed E-state index contributed by atoms with van der Waals surface area (Å²) in [6.45, 7) is 4.42. The molecule has 0 aliphatic heterocycles. The lowest BCUT2D eigenvalue weighted by Crippen LogP contribution is -2.34. The van der Waals surface area contributed by atoms with Crippen molar-refractivity contribution in [2.75, 3.05) is 13.2 Å². The Morgan fingerprint density at radius 1 is 1.36 bits per heavy atom. The molecular formula is C16H20FN3O2. The minimum Gasteiger partial charge on any atom is -0.396 e. The first-order chi connectivity index (χ1) is 10.4. The van der Waals surface area contributed by atoms with Gasteiger partial charge in [0.2, 0.25) is 0 Å². The van der Waals surface area contributed by atoms with Crippen molar-refractivity contribution >= 4 is 5.91 Å². The van der Waals surface area contributed by atoms with Gasteiger partial charge in [0.15, 0.2) is 5.69 Å². The minimum absolute atomic E-state index is 0.0742. The number of halogens is 1. The van der Waals surface area contributed by atoms with E-state index in [9.17, 15) is 9.18 Å². The smallest absolute Gasteiger partial charge is 0.271 e. The van der Waals surface area contributed by atoms with E-state index in [2.05, 4.69) is 10.4 Å². The standard InChI is InChI=1S/C16H20FN3O2/c1-16(2,8-10-21)11-18-15(22)13-7-9-20(19-13)14-6-4-3-5-12(14)17/h3-7,9,21H,8,10-11H2,1-2H3,(H,18,22). The molecule has 0 aliphatic rings. The third-order valence-electron chi connectivity index (χ3n) is 3.44. The van der Waals surface area contributed by atoms with Crippen LogP contribution in [0.5, 0.6) is 0 Å². The van der Waals surface area contributed by atoms with Gasteiger partial charge in [0.25, 0.3) is 5.91 Å². The minimum atomic E-state index is -0.401. The van der Waals surface area contributed by atoms with E-state index in [-0.39, 0.29) is 23.6 Å². The van der Waals surface area contributed by atoms with Crippen molar-refractivity contribution in [3.8, 4) is 5.69 Å². The van der Waals surface area contributed by atoms with E-state index in [1.54, 1.807) is 30.5 Å². The van der Waals surface area contributed by atoms with E-state index in [0.717, 1.165) is 0 Å². The third kappa shape index (κ3) is 3.92. The fourth-order valence-electron chi connectivity index (χ4n) is 2.02. The number of amides is 1. The highest BCUT2D eigenvalue weighted by atomic mass is 19.1. The maximum absolute atomic E-state index is 13.7. The number of benzene rings is 1. The van der Waals surface area contributed by atoms with Gasteiger partial charge in [-0.2, -0.15) is 5.10 Å². The predicted octanol–water partition coefficient (Wildman–Crippen LogP) is 2.15. The fraction of sp³-hybridized carbons (Fsp3) is 0.375. The highest BCUT2D eigenvalue weighted by Gasteiger charge is 2.19. The summed E-state index contributed by atoms with van der Waals surface area (Å²) >= 11 is 0. The summed E-state index contributed by atoms with van der Waals surface area (Å²) in [6, 6.07) is 7.78. The van der Waals surface area contributed by atoms with E-state index < -0.39 is 5.82 Å². The fourth-order valence-corrected chi connectivity index (χ4v) is 2.02. The summed E-state index contributed by atoms with van der Waals surface area (Å²) < 4.78 is 15.0. The van der Waals surface area contributed by atoms with Crippen molar-refractivity contribution in [1.29, 1.82) is 0 Å². The molecule has 0 aliphatic carbocycles. The Morgan fingerprint density at radius 2 is 2.09 bits per heavy atom. The van der Waals surface area contributed by atoms with Crippen LogP contribution in [0.25, 0.3) is 5.69 Å². The molecule has 1 heterocycles. The Labute approximate surface area is 128 Å². The Balaban J connectivity index is 2.05. The van der Waals surface area contributed by atoms with Crippen LogP contribution in [-0.4, -0.2) is 33.9 Å². The predicted molar refractivity (Wildman–Crippen MR) is 81.3 cm³/mol. The van der Waals surface area contributed by atoms with Crippen LogP contribution in [0.4, 0.5) is 4.39 Å². The lowest BCUT2D eigenvalue weighted by atomic mass is 9.90. The van der Waals surface area contributed by atoms with Gasteiger partial charge in [0.1, 0.15) is 11.5 Å². The van der Waals surface area contributed by atoms with Crippen LogP contribution < -0.4 is 5.32 Å². The highest BCUT2D eigenvalue weighted by Crippen LogP contribution is 2.18. The molecule has 0 bridgehead atoms. The van der Waals surface area contributed by atoms with E-state index in [1.807, 2.05) is 13.8 Å². The molecule has 0 saturated carbocycles. The van der Waals surface area contributed by atoms with Crippen molar-refractivity contribution < 1.29 is 14.3 Å². The molecule has 0 saturated heterocycles. The summed E-state index contributed by atoms with van der Waals surface area (Å²) in [6.07, 6.45) is 2.14. The maximum Gasteiger partial charge on any atom is 0.271 e. The zero-order chi connectivity index (χ0) is 16.2. The topological polar surface area (TPSA) is 67.2 Å². The van der Waals surface area contributed by atoms with Crippen LogP contribution in [0.3, 0.4) is 0 Å². The average Bonchev–Trinajstić information content (AvgIpc) is 2.95. The molecule has 0 radical (unpaired) electrons. The van der Waals surface area contributed by atoms with Gasteiger partial charge in [0, 0.05) is 19.3 Å². The molecular weight excluding hydrogens is 285 g/mol. The molecule has 2 aromatic rings. The first-order valence-corrected chi connectivity index (χ1v) is 7.12. The lowest BCUT2D eigenvalue weighted by Gasteiger charge is -2.23. The monoisotopic (exact) mass is 305 g/mol. The molecule has 118 valence electrons. The van der Waals surface area contributed by atoms with Gasteiger partial charge in [-0.3, -0.25) is 4.79 Å². The number of aliphatic hydroxyl groups excluding tert-OH is 1. The molecule has 6 heteroatoms. The molecule has 1 amide bonds. The van der Waals surface area contributed by atoms with Gasteiger partial charge in [-0.25, -0.2) is 9.07 Å². The van der Waals surface area contributed by atoms with Crippen LogP contribution in [0.1, 0.15) is 30.8 Å². The quantitative estimate of drug-likeness (QED) is 0.859. The average molecular weight is 305 g/mol. The number of aromatic nitrogens is 2. The third-order valence-corrected chi connectivity index (χ3v) is 3.44. The second kappa shape index (κ2) is 6.70. The molecule has 0 spiro atoms. The number of carbonyl (C=O) groups is 1. The van der Waals surface area contributed by atoms with Crippen LogP contribution in [-0.2, 0) is 0 Å². The zero-order valence-electron chi connectivity index (χ0n) is 12.7. The summed E-state index contributed by atoms with van der Waals surface area (Å²) in [7, 11) is 0. The van der Waals surface area contributed by atoms with E-state index in [0.29, 0.717) is 18.7 Å². The molecule has 0 atom stereocenters. The molecule has 2 rings (SSSR count).